The number of carbonyl (C=O) groups excluding carboxylic acids is 1. The van der Waals surface area contributed by atoms with E-state index < -0.39 is 0 Å². The Bertz CT molecular complexity index is 1250. The van der Waals surface area contributed by atoms with E-state index in [1.54, 1.807) is 37.3 Å². The molecule has 0 spiro atoms. The van der Waals surface area contributed by atoms with E-state index in [1.807, 2.05) is 24.3 Å². The molecule has 6 heteroatoms. The van der Waals surface area contributed by atoms with Gasteiger partial charge in [0.15, 0.2) is 0 Å². The molecule has 0 aliphatic heterocycles. The molecule has 2 N–H and O–H groups in total. The fourth-order valence-corrected chi connectivity index (χ4v) is 7.49. The zero-order valence-corrected chi connectivity index (χ0v) is 21.7. The molecular weight excluding hydrogens is 468 g/mol. The largest absolute Gasteiger partial charge is 0.354 e. The van der Waals surface area contributed by atoms with Crippen LogP contribution in [-0.4, -0.2) is 29.9 Å². The van der Waals surface area contributed by atoms with Crippen LogP contribution in [0.5, 0.6) is 0 Å². The molecule has 5 nitrogen and oxygen atoms in total. The van der Waals surface area contributed by atoms with Gasteiger partial charge in [-0.05, 0) is 116 Å². The Morgan fingerprint density at radius 1 is 0.917 bits per heavy atom. The van der Waals surface area contributed by atoms with E-state index in [2.05, 4.69) is 33.8 Å². The first-order valence-electron chi connectivity index (χ1n) is 13.0. The van der Waals surface area contributed by atoms with Crippen molar-refractivity contribution in [1.82, 2.24) is 9.88 Å². The Labute approximate surface area is 218 Å². The number of amides is 1. The standard InChI is InChI=1S/C30H33ClN4O/c1-35(2)29(36)25-4-3-11-32-28(25)34-24-8-6-23(7-9-24)33-27-10-5-22(15-26(27)31)30-16-19-12-20(17-30)14-21(13-19)18-30/h3-11,15,19-21,33H,12-14,16-18H2,1-2H3,(H,32,34). The minimum Gasteiger partial charge on any atom is -0.354 e. The van der Waals surface area contributed by atoms with E-state index in [0.717, 1.165) is 39.8 Å². The normalized spacial score (nSPS) is 26.0. The molecule has 186 valence electrons. The summed E-state index contributed by atoms with van der Waals surface area (Å²) in [6, 6.07) is 18.2. The van der Waals surface area contributed by atoms with Crippen LogP contribution in [0.15, 0.2) is 60.8 Å². The first-order valence-corrected chi connectivity index (χ1v) is 13.4. The molecular formula is C30H33ClN4O. The fourth-order valence-electron chi connectivity index (χ4n) is 7.26. The van der Waals surface area contributed by atoms with Gasteiger partial charge in [-0.15, -0.1) is 0 Å². The summed E-state index contributed by atoms with van der Waals surface area (Å²) in [6.07, 6.45) is 10.1. The first kappa shape index (κ1) is 23.4. The molecule has 4 saturated carbocycles. The number of carbonyl (C=O) groups is 1. The molecule has 1 heterocycles. The third-order valence-corrected chi connectivity index (χ3v) is 8.80. The molecule has 0 radical (unpaired) electrons. The van der Waals surface area contributed by atoms with Crippen LogP contribution in [0.4, 0.5) is 22.9 Å². The van der Waals surface area contributed by atoms with Gasteiger partial charge in [-0.3, -0.25) is 4.79 Å². The van der Waals surface area contributed by atoms with E-state index in [4.69, 9.17) is 11.6 Å². The highest BCUT2D eigenvalue weighted by Gasteiger charge is 2.51. The molecule has 4 fully saturated rings. The second-order valence-corrected chi connectivity index (χ2v) is 11.7. The van der Waals surface area contributed by atoms with Crippen LogP contribution in [0.25, 0.3) is 0 Å². The molecule has 4 bridgehead atoms. The maximum atomic E-state index is 12.5. The van der Waals surface area contributed by atoms with Gasteiger partial charge in [0.1, 0.15) is 5.82 Å². The lowest BCUT2D eigenvalue weighted by Gasteiger charge is -2.57. The number of halogens is 1. The number of hydrogen-bond donors (Lipinski definition) is 2. The van der Waals surface area contributed by atoms with Crippen molar-refractivity contribution in [2.75, 3.05) is 24.7 Å². The summed E-state index contributed by atoms with van der Waals surface area (Å²) >= 11 is 6.81. The Balaban J connectivity index is 1.16. The van der Waals surface area contributed by atoms with Crippen molar-refractivity contribution in [2.45, 2.75) is 43.9 Å². The summed E-state index contributed by atoms with van der Waals surface area (Å²) < 4.78 is 0. The number of hydrogen-bond acceptors (Lipinski definition) is 4. The van der Waals surface area contributed by atoms with E-state index in [9.17, 15) is 4.79 Å². The number of pyridine rings is 1. The molecule has 0 unspecified atom stereocenters. The predicted molar refractivity (Wildman–Crippen MR) is 147 cm³/mol. The highest BCUT2D eigenvalue weighted by molar-refractivity contribution is 6.33. The van der Waals surface area contributed by atoms with Gasteiger partial charge in [0.25, 0.3) is 5.91 Å². The lowest BCUT2D eigenvalue weighted by atomic mass is 9.48. The smallest absolute Gasteiger partial charge is 0.257 e. The summed E-state index contributed by atoms with van der Waals surface area (Å²) in [6.45, 7) is 0. The molecule has 3 aromatic rings. The third kappa shape index (κ3) is 4.34. The zero-order valence-electron chi connectivity index (χ0n) is 20.9. The van der Waals surface area contributed by atoms with Gasteiger partial charge in [-0.2, -0.15) is 0 Å². The molecule has 1 amide bonds. The minimum atomic E-state index is -0.0875. The van der Waals surface area contributed by atoms with E-state index in [1.165, 1.54) is 44.1 Å². The highest BCUT2D eigenvalue weighted by Crippen LogP contribution is 2.61. The van der Waals surface area contributed by atoms with Crippen molar-refractivity contribution >= 4 is 40.4 Å². The Morgan fingerprint density at radius 2 is 1.53 bits per heavy atom. The number of anilines is 4. The summed E-state index contributed by atoms with van der Waals surface area (Å²) in [5.74, 6) is 3.21. The Morgan fingerprint density at radius 3 is 2.11 bits per heavy atom. The topological polar surface area (TPSA) is 57.3 Å². The second-order valence-electron chi connectivity index (χ2n) is 11.3. The minimum absolute atomic E-state index is 0.0875. The van der Waals surface area contributed by atoms with Gasteiger partial charge in [0.05, 0.1) is 16.3 Å². The van der Waals surface area contributed by atoms with Gasteiger partial charge >= 0.3 is 0 Å². The average molecular weight is 501 g/mol. The van der Waals surface area contributed by atoms with E-state index in [-0.39, 0.29) is 5.91 Å². The molecule has 4 aliphatic rings. The lowest BCUT2D eigenvalue weighted by Crippen LogP contribution is -2.48. The van der Waals surface area contributed by atoms with Crippen molar-refractivity contribution in [3.63, 3.8) is 0 Å². The molecule has 2 aromatic carbocycles. The fraction of sp³-hybridized carbons (Fsp3) is 0.400. The quantitative estimate of drug-likeness (QED) is 0.370. The maximum absolute atomic E-state index is 12.5. The van der Waals surface area contributed by atoms with Gasteiger partial charge in [0.2, 0.25) is 0 Å². The van der Waals surface area contributed by atoms with Crippen LogP contribution in [0.3, 0.4) is 0 Å². The van der Waals surface area contributed by atoms with Crippen molar-refractivity contribution in [1.29, 1.82) is 0 Å². The van der Waals surface area contributed by atoms with Crippen LogP contribution < -0.4 is 10.6 Å². The average Bonchev–Trinajstić information content (AvgIpc) is 2.85. The lowest BCUT2D eigenvalue weighted by molar-refractivity contribution is -0.00517. The summed E-state index contributed by atoms with van der Waals surface area (Å²) in [5.41, 5.74) is 5.06. The monoisotopic (exact) mass is 500 g/mol. The van der Waals surface area contributed by atoms with Crippen LogP contribution in [0.1, 0.15) is 54.4 Å². The predicted octanol–water partition coefficient (Wildman–Crippen LogP) is 7.39. The Kier molecular flexibility index (Phi) is 5.91. The molecule has 0 saturated heterocycles. The van der Waals surface area contributed by atoms with Crippen molar-refractivity contribution in [2.24, 2.45) is 17.8 Å². The van der Waals surface area contributed by atoms with Crippen molar-refractivity contribution in [3.8, 4) is 0 Å². The maximum Gasteiger partial charge on any atom is 0.257 e. The molecule has 1 aromatic heterocycles. The van der Waals surface area contributed by atoms with E-state index >= 15 is 0 Å². The third-order valence-electron chi connectivity index (χ3n) is 8.49. The van der Waals surface area contributed by atoms with E-state index in [0.29, 0.717) is 16.8 Å². The summed E-state index contributed by atoms with van der Waals surface area (Å²) in [7, 11) is 3.47. The highest BCUT2D eigenvalue weighted by atomic mass is 35.5. The SMILES string of the molecule is CN(C)C(=O)c1cccnc1Nc1ccc(Nc2ccc(C34CC5CC(CC(C5)C3)C4)cc2Cl)cc1. The first-order chi connectivity index (χ1) is 17.4. The molecule has 36 heavy (non-hydrogen) atoms. The van der Waals surface area contributed by atoms with Crippen LogP contribution in [0, 0.1) is 17.8 Å². The van der Waals surface area contributed by atoms with Gasteiger partial charge < -0.3 is 15.5 Å². The Hall–Kier alpha value is -3.05. The van der Waals surface area contributed by atoms with Gasteiger partial charge in [0, 0.05) is 31.7 Å². The number of nitrogens with one attached hydrogen (secondary N) is 2. The van der Waals surface area contributed by atoms with Gasteiger partial charge in [-0.1, -0.05) is 17.7 Å². The van der Waals surface area contributed by atoms with Crippen molar-refractivity contribution in [3.05, 3.63) is 76.9 Å². The van der Waals surface area contributed by atoms with Crippen LogP contribution in [-0.2, 0) is 5.41 Å². The molecule has 4 aliphatic carbocycles. The van der Waals surface area contributed by atoms with Gasteiger partial charge in [-0.25, -0.2) is 4.98 Å². The second kappa shape index (κ2) is 9.11. The zero-order chi connectivity index (χ0) is 24.9. The van der Waals surface area contributed by atoms with Crippen LogP contribution >= 0.6 is 11.6 Å². The summed E-state index contributed by atoms with van der Waals surface area (Å²) in [5, 5.41) is 7.52. The number of nitrogens with zero attached hydrogens (tertiary/aromatic N) is 2. The van der Waals surface area contributed by atoms with Crippen LogP contribution in [0.2, 0.25) is 5.02 Å². The number of aromatic nitrogens is 1. The van der Waals surface area contributed by atoms with Crippen molar-refractivity contribution < 1.29 is 4.79 Å². The summed E-state index contributed by atoms with van der Waals surface area (Å²) in [4.78, 5) is 18.4. The number of benzene rings is 2. The molecule has 7 rings (SSSR count). The number of rotatable bonds is 6. The molecule has 0 atom stereocenters.